The molecule has 2 aromatic heterocycles. The van der Waals surface area contributed by atoms with E-state index in [1.54, 1.807) is 0 Å². The van der Waals surface area contributed by atoms with Crippen LogP contribution in [0.4, 0.5) is 4.39 Å². The second kappa shape index (κ2) is 8.93. The summed E-state index contributed by atoms with van der Waals surface area (Å²) in [6.07, 6.45) is 7.99. The van der Waals surface area contributed by atoms with Gasteiger partial charge in [0.05, 0.1) is 6.20 Å². The number of halogens is 2. The van der Waals surface area contributed by atoms with Gasteiger partial charge in [-0.25, -0.2) is 4.39 Å². The molecule has 150 valence electrons. The number of hydrogen-bond acceptors (Lipinski definition) is 2. The normalized spacial score (nSPS) is 17.2. The van der Waals surface area contributed by atoms with Gasteiger partial charge in [0, 0.05) is 62.9 Å². The highest BCUT2D eigenvalue weighted by Gasteiger charge is 2.26. The van der Waals surface area contributed by atoms with Crippen molar-refractivity contribution in [2.75, 3.05) is 26.7 Å². The van der Waals surface area contributed by atoms with Gasteiger partial charge in [0.25, 0.3) is 0 Å². The van der Waals surface area contributed by atoms with Crippen molar-refractivity contribution in [1.82, 2.24) is 25.0 Å². The predicted molar refractivity (Wildman–Crippen MR) is 121 cm³/mol. The van der Waals surface area contributed by atoms with Crippen LogP contribution >= 0.6 is 24.0 Å². The van der Waals surface area contributed by atoms with E-state index in [-0.39, 0.29) is 29.8 Å². The molecular weight excluding hydrogens is 470 g/mol. The van der Waals surface area contributed by atoms with Gasteiger partial charge in [-0.3, -0.25) is 9.67 Å². The van der Waals surface area contributed by atoms with Gasteiger partial charge in [-0.2, -0.15) is 5.10 Å². The van der Waals surface area contributed by atoms with E-state index >= 15 is 0 Å². The van der Waals surface area contributed by atoms with Crippen molar-refractivity contribution >= 4 is 40.8 Å². The second-order valence-corrected chi connectivity index (χ2v) is 7.11. The van der Waals surface area contributed by atoms with Crippen molar-refractivity contribution < 1.29 is 4.39 Å². The molecule has 0 bridgehead atoms. The summed E-state index contributed by atoms with van der Waals surface area (Å²) >= 11 is 0. The largest absolute Gasteiger partial charge is 0.361 e. The highest BCUT2D eigenvalue weighted by atomic mass is 127. The van der Waals surface area contributed by atoms with Crippen molar-refractivity contribution in [2.24, 2.45) is 12.0 Å². The number of fused-ring (bicyclic) bond motifs is 1. The van der Waals surface area contributed by atoms with Crippen LogP contribution < -0.4 is 5.32 Å². The number of guanidine groups is 1. The van der Waals surface area contributed by atoms with Crippen LogP contribution in [0.25, 0.3) is 10.9 Å². The van der Waals surface area contributed by atoms with Gasteiger partial charge in [-0.15, -0.1) is 24.0 Å². The number of H-pyrrole nitrogens is 1. The Labute approximate surface area is 181 Å². The average Bonchev–Trinajstić information content (AvgIpc) is 3.38. The number of aliphatic imine (C=N–C) groups is 1. The molecule has 1 saturated heterocycles. The van der Waals surface area contributed by atoms with E-state index in [4.69, 9.17) is 0 Å². The molecule has 0 amide bonds. The molecule has 1 aliphatic rings. The van der Waals surface area contributed by atoms with Crippen molar-refractivity contribution in [3.05, 3.63) is 53.7 Å². The zero-order valence-corrected chi connectivity index (χ0v) is 18.5. The van der Waals surface area contributed by atoms with Crippen LogP contribution in [0.2, 0.25) is 0 Å². The fourth-order valence-electron chi connectivity index (χ4n) is 3.88. The Balaban J connectivity index is 0.00000225. The molecule has 8 heteroatoms. The Bertz CT molecular complexity index is 963. The summed E-state index contributed by atoms with van der Waals surface area (Å²) in [6, 6.07) is 4.88. The smallest absolute Gasteiger partial charge is 0.193 e. The van der Waals surface area contributed by atoms with Crippen LogP contribution in [-0.4, -0.2) is 52.3 Å². The number of aryl methyl sites for hydroxylation is 1. The number of aromatic nitrogens is 3. The summed E-state index contributed by atoms with van der Waals surface area (Å²) in [7, 11) is 3.78. The fourth-order valence-corrected chi connectivity index (χ4v) is 3.88. The molecule has 0 aliphatic carbocycles. The number of nitrogens with one attached hydrogen (secondary N) is 2. The third kappa shape index (κ3) is 4.31. The Kier molecular flexibility index (Phi) is 6.58. The van der Waals surface area contributed by atoms with Crippen molar-refractivity contribution in [2.45, 2.75) is 18.8 Å². The molecule has 4 rings (SSSR count). The van der Waals surface area contributed by atoms with Crippen LogP contribution in [-0.2, 0) is 13.5 Å². The van der Waals surface area contributed by atoms with Gasteiger partial charge in [0.2, 0.25) is 0 Å². The van der Waals surface area contributed by atoms with Gasteiger partial charge < -0.3 is 15.2 Å². The first-order valence-electron chi connectivity index (χ1n) is 9.33. The molecule has 0 radical (unpaired) electrons. The molecule has 1 aromatic carbocycles. The summed E-state index contributed by atoms with van der Waals surface area (Å²) in [5.41, 5.74) is 3.32. The molecule has 1 atom stereocenters. The zero-order valence-electron chi connectivity index (χ0n) is 16.2. The number of hydrogen-bond donors (Lipinski definition) is 2. The molecule has 2 N–H and O–H groups in total. The molecule has 1 unspecified atom stereocenters. The van der Waals surface area contributed by atoms with E-state index in [1.165, 1.54) is 23.3 Å². The van der Waals surface area contributed by atoms with Crippen LogP contribution in [0.3, 0.4) is 0 Å². The average molecular weight is 496 g/mol. The fraction of sp³-hybridized carbons (Fsp3) is 0.400. The van der Waals surface area contributed by atoms with Crippen LogP contribution in [0.1, 0.15) is 23.5 Å². The first-order chi connectivity index (χ1) is 13.1. The summed E-state index contributed by atoms with van der Waals surface area (Å²) in [5.74, 6) is 1.22. The quantitative estimate of drug-likeness (QED) is 0.331. The van der Waals surface area contributed by atoms with Gasteiger partial charge in [0.1, 0.15) is 5.82 Å². The minimum atomic E-state index is -0.216. The predicted octanol–water partition coefficient (Wildman–Crippen LogP) is 3.27. The minimum absolute atomic E-state index is 0. The van der Waals surface area contributed by atoms with Gasteiger partial charge in [-0.1, -0.05) is 0 Å². The Hall–Kier alpha value is -2.10. The number of likely N-dealkylation sites (tertiary alicyclic amines) is 1. The third-order valence-electron chi connectivity index (χ3n) is 5.30. The Morgan fingerprint density at radius 1 is 1.43 bits per heavy atom. The van der Waals surface area contributed by atoms with E-state index in [0.717, 1.165) is 49.3 Å². The number of nitrogens with zero attached hydrogens (tertiary/aromatic N) is 4. The molecule has 3 heterocycles. The molecule has 3 aromatic rings. The highest BCUT2D eigenvalue weighted by Crippen LogP contribution is 2.26. The topological polar surface area (TPSA) is 61.2 Å². The van der Waals surface area contributed by atoms with Crippen molar-refractivity contribution in [1.29, 1.82) is 0 Å². The lowest BCUT2D eigenvalue weighted by Gasteiger charge is -2.21. The summed E-state index contributed by atoms with van der Waals surface area (Å²) < 4.78 is 15.2. The van der Waals surface area contributed by atoms with Crippen LogP contribution in [0.15, 0.2) is 41.8 Å². The van der Waals surface area contributed by atoms with E-state index in [0.29, 0.717) is 5.92 Å². The van der Waals surface area contributed by atoms with Crippen molar-refractivity contribution in [3.8, 4) is 0 Å². The number of rotatable bonds is 4. The number of benzene rings is 1. The maximum atomic E-state index is 13.3. The highest BCUT2D eigenvalue weighted by molar-refractivity contribution is 14.0. The summed E-state index contributed by atoms with van der Waals surface area (Å²) in [5, 5.41) is 8.83. The van der Waals surface area contributed by atoms with Crippen LogP contribution in [0, 0.1) is 5.82 Å². The Morgan fingerprint density at radius 2 is 2.29 bits per heavy atom. The van der Waals surface area contributed by atoms with E-state index in [2.05, 4.69) is 31.5 Å². The van der Waals surface area contributed by atoms with Crippen molar-refractivity contribution in [3.63, 3.8) is 0 Å². The van der Waals surface area contributed by atoms with E-state index < -0.39 is 0 Å². The first-order valence-corrected chi connectivity index (χ1v) is 9.33. The molecule has 0 spiro atoms. The summed E-state index contributed by atoms with van der Waals surface area (Å²) in [4.78, 5) is 9.90. The second-order valence-electron chi connectivity index (χ2n) is 7.11. The molecular formula is C20H26FIN6. The van der Waals surface area contributed by atoms with Gasteiger partial charge in [0.15, 0.2) is 5.96 Å². The molecule has 1 aliphatic heterocycles. The SMILES string of the molecule is CN=C(NCCc1c[nH]c2cc(F)ccc12)N1CCC(c2cnn(C)c2)C1.I. The lowest BCUT2D eigenvalue weighted by molar-refractivity contribution is 0.486. The van der Waals surface area contributed by atoms with E-state index in [1.807, 2.05) is 37.2 Å². The lowest BCUT2D eigenvalue weighted by Crippen LogP contribution is -2.40. The van der Waals surface area contributed by atoms with Crippen LogP contribution in [0.5, 0.6) is 0 Å². The maximum absolute atomic E-state index is 13.3. The first kappa shape index (κ1) is 20.6. The van der Waals surface area contributed by atoms with Gasteiger partial charge in [-0.05, 0) is 42.2 Å². The molecule has 28 heavy (non-hydrogen) atoms. The minimum Gasteiger partial charge on any atom is -0.361 e. The monoisotopic (exact) mass is 496 g/mol. The Morgan fingerprint density at radius 3 is 3.04 bits per heavy atom. The zero-order chi connectivity index (χ0) is 18.8. The van der Waals surface area contributed by atoms with Gasteiger partial charge >= 0.3 is 0 Å². The molecule has 0 saturated carbocycles. The number of aromatic amines is 1. The lowest BCUT2D eigenvalue weighted by atomic mass is 10.0. The standard InChI is InChI=1S/C20H25FN6.HI/c1-22-20(27-8-6-15(13-27)16-11-25-26(2)12-16)23-7-5-14-10-24-19-9-17(21)3-4-18(14)19;/h3-4,9-12,15,24H,5-8,13H2,1-2H3,(H,22,23);1H. The third-order valence-corrected chi connectivity index (χ3v) is 5.30. The summed E-state index contributed by atoms with van der Waals surface area (Å²) in [6.45, 7) is 2.73. The van der Waals surface area contributed by atoms with E-state index in [9.17, 15) is 4.39 Å². The molecule has 1 fully saturated rings. The maximum Gasteiger partial charge on any atom is 0.193 e. The molecule has 6 nitrogen and oxygen atoms in total.